The van der Waals surface area contributed by atoms with Crippen molar-refractivity contribution >= 4 is 23.2 Å². The third-order valence-electron chi connectivity index (χ3n) is 6.37. The van der Waals surface area contributed by atoms with Crippen LogP contribution in [0.1, 0.15) is 40.7 Å². The molecule has 33 heavy (non-hydrogen) atoms. The summed E-state index contributed by atoms with van der Waals surface area (Å²) in [4.78, 5) is 29.9. The van der Waals surface area contributed by atoms with Gasteiger partial charge in [-0.1, -0.05) is 55.5 Å². The number of nitrogens with one attached hydrogen (secondary N) is 1. The van der Waals surface area contributed by atoms with Gasteiger partial charge < -0.3 is 15.1 Å². The van der Waals surface area contributed by atoms with Crippen molar-refractivity contribution in [2.24, 2.45) is 0 Å². The van der Waals surface area contributed by atoms with E-state index in [4.69, 9.17) is 0 Å². The summed E-state index contributed by atoms with van der Waals surface area (Å²) in [7, 11) is 0. The van der Waals surface area contributed by atoms with E-state index in [1.54, 1.807) is 0 Å². The summed E-state index contributed by atoms with van der Waals surface area (Å²) in [5.41, 5.74) is 4.73. The van der Waals surface area contributed by atoms with E-state index in [-0.39, 0.29) is 17.7 Å². The molecule has 1 aliphatic rings. The Morgan fingerprint density at radius 1 is 0.848 bits per heavy atom. The molecule has 0 spiro atoms. The summed E-state index contributed by atoms with van der Waals surface area (Å²) in [5, 5.41) is 3.06. The normalized spacial score (nSPS) is 14.6. The SMILES string of the molecule is CCC(C(=O)Nc1ccc(N2CCN(C(=O)c3ccccc3C)CC2)cc1)c1ccccc1. The Kier molecular flexibility index (Phi) is 7.08. The lowest BCUT2D eigenvalue weighted by Gasteiger charge is -2.36. The molecule has 3 aromatic carbocycles. The van der Waals surface area contributed by atoms with E-state index in [9.17, 15) is 9.59 Å². The van der Waals surface area contributed by atoms with Gasteiger partial charge in [0.2, 0.25) is 5.91 Å². The second-order valence-corrected chi connectivity index (χ2v) is 8.50. The van der Waals surface area contributed by atoms with Crippen LogP contribution < -0.4 is 10.2 Å². The van der Waals surface area contributed by atoms with Gasteiger partial charge in [-0.25, -0.2) is 0 Å². The molecule has 0 aromatic heterocycles. The predicted octanol–water partition coefficient (Wildman–Crippen LogP) is 5.09. The Hall–Kier alpha value is -3.60. The van der Waals surface area contributed by atoms with Crippen molar-refractivity contribution in [3.8, 4) is 0 Å². The van der Waals surface area contributed by atoms with Crippen molar-refractivity contribution < 1.29 is 9.59 Å². The van der Waals surface area contributed by atoms with Crippen LogP contribution >= 0.6 is 0 Å². The van der Waals surface area contributed by atoms with E-state index in [0.29, 0.717) is 13.1 Å². The highest BCUT2D eigenvalue weighted by atomic mass is 16.2. The monoisotopic (exact) mass is 441 g/mol. The molecule has 0 radical (unpaired) electrons. The minimum Gasteiger partial charge on any atom is -0.368 e. The summed E-state index contributed by atoms with van der Waals surface area (Å²) in [6, 6.07) is 25.6. The standard InChI is InChI=1S/C28H31N3O2/c1-3-25(22-10-5-4-6-11-22)27(32)29-23-13-15-24(16-14-23)30-17-19-31(20-18-30)28(33)26-12-8-7-9-21(26)2/h4-16,25H,3,17-20H2,1-2H3,(H,29,32). The zero-order chi connectivity index (χ0) is 23.2. The van der Waals surface area contributed by atoms with Crippen LogP contribution in [0.2, 0.25) is 0 Å². The van der Waals surface area contributed by atoms with Crippen LogP contribution in [0.4, 0.5) is 11.4 Å². The quantitative estimate of drug-likeness (QED) is 0.580. The maximum absolute atomic E-state index is 12.9. The first-order chi connectivity index (χ1) is 16.1. The highest BCUT2D eigenvalue weighted by Crippen LogP contribution is 2.24. The average Bonchev–Trinajstić information content (AvgIpc) is 2.86. The number of amides is 2. The van der Waals surface area contributed by atoms with Gasteiger partial charge in [0, 0.05) is 43.1 Å². The zero-order valence-electron chi connectivity index (χ0n) is 19.3. The molecule has 0 saturated carbocycles. The van der Waals surface area contributed by atoms with Gasteiger partial charge in [-0.3, -0.25) is 9.59 Å². The number of nitrogens with zero attached hydrogens (tertiary/aromatic N) is 2. The van der Waals surface area contributed by atoms with Crippen LogP contribution in [0.25, 0.3) is 0 Å². The van der Waals surface area contributed by atoms with E-state index in [1.807, 2.05) is 97.6 Å². The number of carbonyl (C=O) groups excluding carboxylic acids is 2. The van der Waals surface area contributed by atoms with Gasteiger partial charge in [0.15, 0.2) is 0 Å². The fourth-order valence-corrected chi connectivity index (χ4v) is 4.39. The molecule has 0 aliphatic carbocycles. The minimum absolute atomic E-state index is 0.0137. The Morgan fingerprint density at radius 3 is 2.12 bits per heavy atom. The molecule has 170 valence electrons. The number of hydrogen-bond donors (Lipinski definition) is 1. The first-order valence-corrected chi connectivity index (χ1v) is 11.6. The molecule has 1 fully saturated rings. The highest BCUT2D eigenvalue weighted by molar-refractivity contribution is 5.96. The smallest absolute Gasteiger partial charge is 0.254 e. The number of benzene rings is 3. The lowest BCUT2D eigenvalue weighted by molar-refractivity contribution is -0.117. The second-order valence-electron chi connectivity index (χ2n) is 8.50. The van der Waals surface area contributed by atoms with Crippen LogP contribution in [0, 0.1) is 6.92 Å². The summed E-state index contributed by atoms with van der Waals surface area (Å²) < 4.78 is 0. The average molecular weight is 442 g/mol. The van der Waals surface area contributed by atoms with Crippen LogP contribution in [-0.4, -0.2) is 42.9 Å². The molecule has 2 amide bonds. The van der Waals surface area contributed by atoms with Crippen LogP contribution in [-0.2, 0) is 4.79 Å². The lowest BCUT2D eigenvalue weighted by Crippen LogP contribution is -2.48. The van der Waals surface area contributed by atoms with E-state index < -0.39 is 0 Å². The molecule has 5 heteroatoms. The van der Waals surface area contributed by atoms with E-state index in [0.717, 1.165) is 47.6 Å². The van der Waals surface area contributed by atoms with Crippen molar-refractivity contribution in [2.45, 2.75) is 26.2 Å². The van der Waals surface area contributed by atoms with Crippen molar-refractivity contribution in [1.29, 1.82) is 0 Å². The number of aryl methyl sites for hydroxylation is 1. The third-order valence-corrected chi connectivity index (χ3v) is 6.37. The van der Waals surface area contributed by atoms with Gasteiger partial charge in [-0.2, -0.15) is 0 Å². The van der Waals surface area contributed by atoms with E-state index >= 15 is 0 Å². The van der Waals surface area contributed by atoms with Crippen LogP contribution in [0.3, 0.4) is 0 Å². The van der Waals surface area contributed by atoms with Crippen LogP contribution in [0.15, 0.2) is 78.9 Å². The van der Waals surface area contributed by atoms with Crippen molar-refractivity contribution in [3.63, 3.8) is 0 Å². The fourth-order valence-electron chi connectivity index (χ4n) is 4.39. The molecular weight excluding hydrogens is 410 g/mol. The summed E-state index contributed by atoms with van der Waals surface area (Å²) in [6.45, 7) is 6.97. The topological polar surface area (TPSA) is 52.7 Å². The van der Waals surface area contributed by atoms with Gasteiger partial charge in [0.25, 0.3) is 5.91 Å². The van der Waals surface area contributed by atoms with E-state index in [2.05, 4.69) is 10.2 Å². The Bertz CT molecular complexity index is 1090. The lowest BCUT2D eigenvalue weighted by atomic mass is 9.95. The number of anilines is 2. The Balaban J connectivity index is 1.34. The zero-order valence-corrected chi connectivity index (χ0v) is 19.3. The maximum Gasteiger partial charge on any atom is 0.254 e. The van der Waals surface area contributed by atoms with Crippen molar-refractivity contribution in [1.82, 2.24) is 4.90 Å². The molecule has 3 aromatic rings. The van der Waals surface area contributed by atoms with Gasteiger partial charge >= 0.3 is 0 Å². The number of carbonyl (C=O) groups is 2. The largest absolute Gasteiger partial charge is 0.368 e. The van der Waals surface area contributed by atoms with Gasteiger partial charge in [-0.05, 0) is 54.8 Å². The first-order valence-electron chi connectivity index (χ1n) is 11.6. The Labute approximate surface area is 196 Å². The number of piperazine rings is 1. The molecule has 5 nitrogen and oxygen atoms in total. The molecular formula is C28H31N3O2. The molecule has 1 unspecified atom stereocenters. The number of rotatable bonds is 6. The molecule has 1 N–H and O–H groups in total. The predicted molar refractivity (Wildman–Crippen MR) is 134 cm³/mol. The molecule has 1 saturated heterocycles. The van der Waals surface area contributed by atoms with Gasteiger partial charge in [0.1, 0.15) is 0 Å². The Morgan fingerprint density at radius 2 is 1.48 bits per heavy atom. The van der Waals surface area contributed by atoms with Gasteiger partial charge in [-0.15, -0.1) is 0 Å². The summed E-state index contributed by atoms with van der Waals surface area (Å²) in [5.74, 6) is -0.0424. The van der Waals surface area contributed by atoms with Crippen molar-refractivity contribution in [3.05, 3.63) is 95.6 Å². The first kappa shape index (κ1) is 22.6. The number of hydrogen-bond acceptors (Lipinski definition) is 3. The highest BCUT2D eigenvalue weighted by Gasteiger charge is 2.23. The minimum atomic E-state index is -0.162. The van der Waals surface area contributed by atoms with Crippen molar-refractivity contribution in [2.75, 3.05) is 36.4 Å². The summed E-state index contributed by atoms with van der Waals surface area (Å²) >= 11 is 0. The second kappa shape index (κ2) is 10.3. The maximum atomic E-state index is 12.9. The fraction of sp³-hybridized carbons (Fsp3) is 0.286. The molecule has 1 aliphatic heterocycles. The molecule has 1 heterocycles. The molecule has 1 atom stereocenters. The van der Waals surface area contributed by atoms with Gasteiger partial charge in [0.05, 0.1) is 5.92 Å². The third kappa shape index (κ3) is 5.25. The molecule has 4 rings (SSSR count). The summed E-state index contributed by atoms with van der Waals surface area (Å²) in [6.07, 6.45) is 0.749. The van der Waals surface area contributed by atoms with E-state index in [1.165, 1.54) is 0 Å². The molecule has 0 bridgehead atoms. The van der Waals surface area contributed by atoms with Crippen LogP contribution in [0.5, 0.6) is 0 Å².